The van der Waals surface area contributed by atoms with Crippen molar-refractivity contribution in [3.05, 3.63) is 108 Å². The van der Waals surface area contributed by atoms with Gasteiger partial charge in [-0.25, -0.2) is 4.79 Å². The Hall–Kier alpha value is -3.21. The van der Waals surface area contributed by atoms with Crippen molar-refractivity contribution in [3.8, 4) is 0 Å². The number of hydrogen-bond acceptors (Lipinski definition) is 6. The first-order valence-corrected chi connectivity index (χ1v) is 12.2. The van der Waals surface area contributed by atoms with Crippen molar-refractivity contribution in [2.45, 2.75) is 56.3 Å². The quantitative estimate of drug-likeness (QED) is 0.364. The maximum absolute atomic E-state index is 14.7. The molecule has 0 bridgehead atoms. The van der Waals surface area contributed by atoms with E-state index >= 15 is 0 Å². The first-order valence-electron chi connectivity index (χ1n) is 12.2. The van der Waals surface area contributed by atoms with E-state index in [1.54, 1.807) is 24.3 Å². The van der Waals surface area contributed by atoms with Gasteiger partial charge < -0.3 is 29.2 Å². The maximum Gasteiger partial charge on any atom is 0.377 e. The number of aliphatic hydroxyl groups excluding tert-OH is 1. The van der Waals surface area contributed by atoms with Crippen LogP contribution in [0.1, 0.15) is 16.7 Å². The monoisotopic (exact) mass is 528 g/mol. The average Bonchev–Trinajstić information content (AvgIpc) is 2.93. The topological polar surface area (TPSA) is 94.5 Å². The van der Waals surface area contributed by atoms with E-state index in [0.29, 0.717) is 0 Å². The van der Waals surface area contributed by atoms with E-state index in [-0.39, 0.29) is 26.4 Å². The Balaban J connectivity index is 1.59. The van der Waals surface area contributed by atoms with Crippen molar-refractivity contribution in [1.82, 2.24) is 0 Å². The molecule has 9 heteroatoms. The maximum atomic E-state index is 14.7. The van der Waals surface area contributed by atoms with Gasteiger partial charge in [0.05, 0.1) is 26.4 Å². The Morgan fingerprint density at radius 3 is 1.68 bits per heavy atom. The highest BCUT2D eigenvalue weighted by molar-refractivity contribution is 5.76. The van der Waals surface area contributed by atoms with Crippen molar-refractivity contribution < 1.29 is 42.7 Å². The van der Waals surface area contributed by atoms with Crippen LogP contribution in [0.3, 0.4) is 0 Å². The molecule has 1 aliphatic rings. The summed E-state index contributed by atoms with van der Waals surface area (Å²) in [6.07, 6.45) is -7.88. The van der Waals surface area contributed by atoms with Crippen molar-refractivity contribution in [2.75, 3.05) is 6.61 Å². The lowest BCUT2D eigenvalue weighted by Gasteiger charge is -2.45. The van der Waals surface area contributed by atoms with Gasteiger partial charge in [0.1, 0.15) is 24.4 Å². The summed E-state index contributed by atoms with van der Waals surface area (Å²) in [5, 5.41) is 20.2. The van der Waals surface area contributed by atoms with Crippen LogP contribution in [0.2, 0.25) is 0 Å². The molecule has 3 aromatic carbocycles. The van der Waals surface area contributed by atoms with E-state index in [9.17, 15) is 23.8 Å². The molecule has 0 unspecified atom stereocenters. The van der Waals surface area contributed by atoms with Crippen molar-refractivity contribution >= 4 is 5.97 Å². The number of carbonyl (C=O) groups is 1. The lowest BCUT2D eigenvalue weighted by atomic mass is 9.91. The smallest absolute Gasteiger partial charge is 0.377 e. The second-order valence-electron chi connectivity index (χ2n) is 9.04. The van der Waals surface area contributed by atoms with Gasteiger partial charge in [0.15, 0.2) is 6.10 Å². The molecule has 0 aliphatic carbocycles. The number of alkyl halides is 2. The molecule has 2 N–H and O–H groups in total. The lowest BCUT2D eigenvalue weighted by molar-refractivity contribution is -0.297. The number of rotatable bonds is 12. The van der Waals surface area contributed by atoms with Gasteiger partial charge in [-0.1, -0.05) is 91.0 Å². The van der Waals surface area contributed by atoms with Gasteiger partial charge >= 0.3 is 11.9 Å². The molecule has 1 fully saturated rings. The molecular weight excluding hydrogens is 498 g/mol. The van der Waals surface area contributed by atoms with Gasteiger partial charge in [-0.2, -0.15) is 8.78 Å². The van der Waals surface area contributed by atoms with Crippen LogP contribution in [0, 0.1) is 0 Å². The Kier molecular flexibility index (Phi) is 9.54. The number of benzene rings is 3. The van der Waals surface area contributed by atoms with Crippen LogP contribution in [0.5, 0.6) is 0 Å². The largest absolute Gasteiger partial charge is 0.477 e. The molecule has 1 saturated heterocycles. The number of carboxylic acids is 1. The van der Waals surface area contributed by atoms with Crippen molar-refractivity contribution in [3.63, 3.8) is 0 Å². The third-order valence-electron chi connectivity index (χ3n) is 6.27. The summed E-state index contributed by atoms with van der Waals surface area (Å²) in [6, 6.07) is 27.4. The lowest BCUT2D eigenvalue weighted by Crippen LogP contribution is -2.65. The minimum absolute atomic E-state index is 0.0171. The van der Waals surface area contributed by atoms with E-state index in [2.05, 4.69) is 0 Å². The first kappa shape index (κ1) is 27.8. The number of aliphatic hydroxyl groups is 1. The summed E-state index contributed by atoms with van der Waals surface area (Å²) in [7, 11) is 0. The molecule has 0 amide bonds. The molecule has 0 aromatic heterocycles. The number of aliphatic carboxylic acids is 1. The molecule has 7 nitrogen and oxygen atoms in total. The van der Waals surface area contributed by atoms with Crippen molar-refractivity contribution in [1.29, 1.82) is 0 Å². The Morgan fingerprint density at radius 2 is 1.21 bits per heavy atom. The zero-order chi connectivity index (χ0) is 27.0. The first-order chi connectivity index (χ1) is 18.4. The van der Waals surface area contributed by atoms with Crippen LogP contribution in [0.4, 0.5) is 8.78 Å². The summed E-state index contributed by atoms with van der Waals surface area (Å²) in [5.41, 5.74) is 2.41. The van der Waals surface area contributed by atoms with E-state index in [4.69, 9.17) is 18.9 Å². The normalized spacial score (nSPS) is 23.7. The molecule has 3 aromatic rings. The van der Waals surface area contributed by atoms with E-state index in [1.165, 1.54) is 0 Å². The number of hydrogen-bond donors (Lipinski definition) is 2. The summed E-state index contributed by atoms with van der Waals surface area (Å²) in [6.45, 7) is 0.0430. The average molecular weight is 529 g/mol. The highest BCUT2D eigenvalue weighted by Gasteiger charge is 2.60. The highest BCUT2D eigenvalue weighted by Crippen LogP contribution is 2.35. The molecule has 0 spiro atoms. The van der Waals surface area contributed by atoms with Gasteiger partial charge in [-0.15, -0.1) is 0 Å². The SMILES string of the molecule is O=C(O)C(F)(F)[C@H]1O[C@H](COCc2ccccc2)[C@H](OCc2ccccc2)[C@H](OCc2ccccc2)[C@@H]1O. The molecular formula is C29H30F2O7. The van der Waals surface area contributed by atoms with Crippen LogP contribution in [-0.4, -0.2) is 59.2 Å². The number of halogens is 2. The van der Waals surface area contributed by atoms with Crippen molar-refractivity contribution in [2.24, 2.45) is 0 Å². The fraction of sp³-hybridized carbons (Fsp3) is 0.345. The zero-order valence-corrected chi connectivity index (χ0v) is 20.6. The Morgan fingerprint density at radius 1 is 0.763 bits per heavy atom. The van der Waals surface area contributed by atoms with Crippen LogP contribution in [0.25, 0.3) is 0 Å². The minimum atomic E-state index is -4.38. The molecule has 1 heterocycles. The second-order valence-corrected chi connectivity index (χ2v) is 9.04. The summed E-state index contributed by atoms with van der Waals surface area (Å²) < 4.78 is 52.8. The number of ether oxygens (including phenoxy) is 4. The predicted molar refractivity (Wildman–Crippen MR) is 133 cm³/mol. The van der Waals surface area contributed by atoms with Crippen LogP contribution in [-0.2, 0) is 43.6 Å². The number of carboxylic acid groups (broad SMARTS) is 1. The molecule has 202 valence electrons. The molecule has 0 radical (unpaired) electrons. The van der Waals surface area contributed by atoms with Gasteiger partial charge in [-0.05, 0) is 16.7 Å². The van der Waals surface area contributed by atoms with E-state index in [0.717, 1.165) is 16.7 Å². The molecule has 5 atom stereocenters. The van der Waals surface area contributed by atoms with E-state index in [1.807, 2.05) is 66.7 Å². The summed E-state index contributed by atoms with van der Waals surface area (Å²) in [4.78, 5) is 11.4. The van der Waals surface area contributed by atoms with Gasteiger partial charge in [0, 0.05) is 0 Å². The molecule has 1 aliphatic heterocycles. The highest BCUT2D eigenvalue weighted by atomic mass is 19.3. The van der Waals surface area contributed by atoms with E-state index < -0.39 is 42.4 Å². The summed E-state index contributed by atoms with van der Waals surface area (Å²) >= 11 is 0. The Bertz CT molecular complexity index is 1130. The fourth-order valence-corrected chi connectivity index (χ4v) is 4.28. The fourth-order valence-electron chi connectivity index (χ4n) is 4.28. The molecule has 0 saturated carbocycles. The van der Waals surface area contributed by atoms with Crippen LogP contribution < -0.4 is 0 Å². The Labute approximate surface area is 219 Å². The standard InChI is InChI=1S/C29H30F2O7/c30-29(31,28(33)34)27-24(32)26(37-18-22-14-8-3-9-15-22)25(36-17-21-12-6-2-7-13-21)23(38-27)19-35-16-20-10-4-1-5-11-20/h1-15,23-27,32H,16-19H2,(H,33,34)/t23-,24+,25+,26-,27+/m1/s1. The molecule has 38 heavy (non-hydrogen) atoms. The second kappa shape index (κ2) is 13.0. The third-order valence-corrected chi connectivity index (χ3v) is 6.27. The summed E-state index contributed by atoms with van der Waals surface area (Å²) in [5.74, 6) is -6.79. The zero-order valence-electron chi connectivity index (χ0n) is 20.6. The van der Waals surface area contributed by atoms with Crippen LogP contribution >= 0.6 is 0 Å². The van der Waals surface area contributed by atoms with Gasteiger partial charge in [0.2, 0.25) is 0 Å². The van der Waals surface area contributed by atoms with Crippen LogP contribution in [0.15, 0.2) is 91.0 Å². The molecule has 4 rings (SSSR count). The predicted octanol–water partition coefficient (Wildman–Crippen LogP) is 4.22. The van der Waals surface area contributed by atoms with Gasteiger partial charge in [-0.3, -0.25) is 0 Å². The van der Waals surface area contributed by atoms with Gasteiger partial charge in [0.25, 0.3) is 0 Å². The third kappa shape index (κ3) is 7.00. The minimum Gasteiger partial charge on any atom is -0.477 e.